The Kier molecular flexibility index (Phi) is 5.12. The highest BCUT2D eigenvalue weighted by Crippen LogP contribution is 2.36. The summed E-state index contributed by atoms with van der Waals surface area (Å²) < 4.78 is 34.3. The van der Waals surface area contributed by atoms with Crippen LogP contribution in [0.15, 0.2) is 53.5 Å². The lowest BCUT2D eigenvalue weighted by Crippen LogP contribution is -2.19. The number of rotatable bonds is 5. The van der Waals surface area contributed by atoms with E-state index in [9.17, 15) is 13.6 Å². The Hall–Kier alpha value is -3.35. The third-order valence-electron chi connectivity index (χ3n) is 4.15. The number of hydrogen-bond donors (Lipinski definition) is 2. The van der Waals surface area contributed by atoms with Crippen LogP contribution in [0.4, 0.5) is 20.2 Å². The summed E-state index contributed by atoms with van der Waals surface area (Å²) in [5, 5.41) is 5.91. The lowest BCUT2D eigenvalue weighted by atomic mass is 10.0. The van der Waals surface area contributed by atoms with Crippen molar-refractivity contribution in [3.8, 4) is 22.6 Å². The number of anilines is 2. The number of halogens is 2. The standard InChI is InChI=1S/C20H19F2N3O2/c1-23-14-5-7-18(27-19-6-4-13(21)9-16(19)22)15(10-14)12-8-17(24-2)20(26)25(3)11-12/h4-11,23-24H,1-3H3. The molecule has 5 nitrogen and oxygen atoms in total. The Morgan fingerprint density at radius 3 is 2.37 bits per heavy atom. The van der Waals surface area contributed by atoms with E-state index in [0.717, 1.165) is 17.8 Å². The van der Waals surface area contributed by atoms with E-state index in [1.54, 1.807) is 45.5 Å². The summed E-state index contributed by atoms with van der Waals surface area (Å²) in [6.07, 6.45) is 1.67. The van der Waals surface area contributed by atoms with Gasteiger partial charge in [0.05, 0.1) is 0 Å². The predicted molar refractivity (Wildman–Crippen MR) is 103 cm³/mol. The van der Waals surface area contributed by atoms with Gasteiger partial charge >= 0.3 is 0 Å². The molecule has 0 spiro atoms. The van der Waals surface area contributed by atoms with Crippen LogP contribution >= 0.6 is 0 Å². The van der Waals surface area contributed by atoms with Gasteiger partial charge in [-0.25, -0.2) is 8.78 Å². The van der Waals surface area contributed by atoms with Crippen molar-refractivity contribution >= 4 is 11.4 Å². The van der Waals surface area contributed by atoms with Gasteiger partial charge in [-0.2, -0.15) is 0 Å². The molecular weight excluding hydrogens is 352 g/mol. The SMILES string of the molecule is CNc1ccc(Oc2ccc(F)cc2F)c(-c2cc(NC)c(=O)n(C)c2)c1. The van der Waals surface area contributed by atoms with Crippen molar-refractivity contribution in [2.24, 2.45) is 7.05 Å². The number of benzene rings is 2. The first-order chi connectivity index (χ1) is 12.9. The molecule has 0 fully saturated rings. The molecule has 0 amide bonds. The van der Waals surface area contributed by atoms with Crippen molar-refractivity contribution in [2.75, 3.05) is 24.7 Å². The first kappa shape index (κ1) is 18.4. The van der Waals surface area contributed by atoms with Gasteiger partial charge in [-0.15, -0.1) is 0 Å². The molecule has 7 heteroatoms. The van der Waals surface area contributed by atoms with Crippen molar-refractivity contribution in [2.45, 2.75) is 0 Å². The van der Waals surface area contributed by atoms with Gasteiger partial charge in [0, 0.05) is 50.2 Å². The molecule has 3 aromatic rings. The second-order valence-corrected chi connectivity index (χ2v) is 5.95. The highest BCUT2D eigenvalue weighted by Gasteiger charge is 2.14. The van der Waals surface area contributed by atoms with E-state index in [4.69, 9.17) is 4.74 Å². The molecular formula is C20H19F2N3O2. The summed E-state index contributed by atoms with van der Waals surface area (Å²) in [5.41, 5.74) is 2.42. The fourth-order valence-electron chi connectivity index (χ4n) is 2.71. The molecule has 0 saturated carbocycles. The zero-order chi connectivity index (χ0) is 19.6. The number of nitrogens with zero attached hydrogens (tertiary/aromatic N) is 1. The summed E-state index contributed by atoms with van der Waals surface area (Å²) in [6.45, 7) is 0. The quantitative estimate of drug-likeness (QED) is 0.706. The molecule has 0 saturated heterocycles. The number of pyridine rings is 1. The average Bonchev–Trinajstić information content (AvgIpc) is 2.66. The van der Waals surface area contributed by atoms with Crippen molar-refractivity contribution in [3.63, 3.8) is 0 Å². The number of hydrogen-bond acceptors (Lipinski definition) is 4. The molecule has 0 atom stereocenters. The van der Waals surface area contributed by atoms with E-state index in [2.05, 4.69) is 10.6 Å². The van der Waals surface area contributed by atoms with Crippen LogP contribution in [-0.2, 0) is 7.05 Å². The molecule has 0 unspecified atom stereocenters. The van der Waals surface area contributed by atoms with Crippen molar-refractivity contribution in [1.29, 1.82) is 0 Å². The molecule has 27 heavy (non-hydrogen) atoms. The van der Waals surface area contributed by atoms with Crippen LogP contribution in [0, 0.1) is 11.6 Å². The number of aromatic nitrogens is 1. The van der Waals surface area contributed by atoms with Crippen molar-refractivity contribution in [1.82, 2.24) is 4.57 Å². The highest BCUT2D eigenvalue weighted by molar-refractivity contribution is 5.76. The maximum Gasteiger partial charge on any atom is 0.273 e. The molecule has 0 radical (unpaired) electrons. The van der Waals surface area contributed by atoms with Gasteiger partial charge < -0.3 is 19.9 Å². The molecule has 0 aliphatic carbocycles. The van der Waals surface area contributed by atoms with Crippen LogP contribution in [0.3, 0.4) is 0 Å². The summed E-state index contributed by atoms with van der Waals surface area (Å²) in [5.74, 6) is -1.19. The monoisotopic (exact) mass is 371 g/mol. The third-order valence-corrected chi connectivity index (χ3v) is 4.15. The second kappa shape index (κ2) is 7.49. The molecule has 3 rings (SSSR count). The lowest BCUT2D eigenvalue weighted by molar-refractivity contribution is 0.439. The number of ether oxygens (including phenoxy) is 1. The molecule has 0 aliphatic heterocycles. The summed E-state index contributed by atoms with van der Waals surface area (Å²) in [6, 6.07) is 10.1. The first-order valence-corrected chi connectivity index (χ1v) is 8.26. The summed E-state index contributed by atoms with van der Waals surface area (Å²) in [7, 11) is 5.09. The van der Waals surface area contributed by atoms with Crippen LogP contribution in [-0.4, -0.2) is 18.7 Å². The fourth-order valence-corrected chi connectivity index (χ4v) is 2.71. The zero-order valence-corrected chi connectivity index (χ0v) is 15.1. The Morgan fingerprint density at radius 1 is 0.963 bits per heavy atom. The van der Waals surface area contributed by atoms with E-state index in [1.165, 1.54) is 10.6 Å². The summed E-state index contributed by atoms with van der Waals surface area (Å²) >= 11 is 0. The van der Waals surface area contributed by atoms with Crippen LogP contribution < -0.4 is 20.9 Å². The molecule has 2 N–H and O–H groups in total. The first-order valence-electron chi connectivity index (χ1n) is 8.26. The highest BCUT2D eigenvalue weighted by atomic mass is 19.1. The van der Waals surface area contributed by atoms with E-state index in [1.807, 2.05) is 6.07 Å². The Labute approximate surface area is 155 Å². The Bertz CT molecular complexity index is 1050. The molecule has 1 heterocycles. The largest absolute Gasteiger partial charge is 0.454 e. The van der Waals surface area contributed by atoms with Gasteiger partial charge in [0.15, 0.2) is 11.6 Å². The Balaban J connectivity index is 2.14. The summed E-state index contributed by atoms with van der Waals surface area (Å²) in [4.78, 5) is 12.1. The minimum Gasteiger partial charge on any atom is -0.454 e. The number of nitrogens with one attached hydrogen (secondary N) is 2. The second-order valence-electron chi connectivity index (χ2n) is 5.95. The lowest BCUT2D eigenvalue weighted by Gasteiger charge is -2.15. The van der Waals surface area contributed by atoms with Gasteiger partial charge in [0.2, 0.25) is 0 Å². The molecule has 2 aromatic carbocycles. The van der Waals surface area contributed by atoms with Gasteiger partial charge in [-0.3, -0.25) is 4.79 Å². The third kappa shape index (κ3) is 3.76. The van der Waals surface area contributed by atoms with Crippen LogP contribution in [0.1, 0.15) is 0 Å². The minimum absolute atomic E-state index is 0.0893. The van der Waals surface area contributed by atoms with E-state index in [-0.39, 0.29) is 11.3 Å². The van der Waals surface area contributed by atoms with E-state index in [0.29, 0.717) is 22.6 Å². The van der Waals surface area contributed by atoms with Gasteiger partial charge in [-0.05, 0) is 36.4 Å². The Morgan fingerprint density at radius 2 is 1.70 bits per heavy atom. The van der Waals surface area contributed by atoms with Gasteiger partial charge in [-0.1, -0.05) is 0 Å². The molecule has 140 valence electrons. The van der Waals surface area contributed by atoms with Crippen LogP contribution in [0.25, 0.3) is 11.1 Å². The van der Waals surface area contributed by atoms with Crippen molar-refractivity contribution in [3.05, 3.63) is 70.6 Å². The molecule has 0 bridgehead atoms. The van der Waals surface area contributed by atoms with Gasteiger partial charge in [0.1, 0.15) is 17.3 Å². The van der Waals surface area contributed by atoms with Gasteiger partial charge in [0.25, 0.3) is 5.56 Å². The predicted octanol–water partition coefficient (Wildman–Crippen LogP) is 4.21. The maximum absolute atomic E-state index is 14.0. The molecule has 1 aromatic heterocycles. The normalized spacial score (nSPS) is 10.6. The topological polar surface area (TPSA) is 55.3 Å². The fraction of sp³-hybridized carbons (Fsp3) is 0.150. The number of aryl methyl sites for hydroxylation is 1. The van der Waals surface area contributed by atoms with Crippen molar-refractivity contribution < 1.29 is 13.5 Å². The van der Waals surface area contributed by atoms with Crippen LogP contribution in [0.5, 0.6) is 11.5 Å². The average molecular weight is 371 g/mol. The minimum atomic E-state index is -0.796. The van der Waals surface area contributed by atoms with E-state index < -0.39 is 11.6 Å². The van der Waals surface area contributed by atoms with Crippen LogP contribution in [0.2, 0.25) is 0 Å². The smallest absolute Gasteiger partial charge is 0.273 e. The molecule has 0 aliphatic rings. The zero-order valence-electron chi connectivity index (χ0n) is 15.1. The van der Waals surface area contributed by atoms with E-state index >= 15 is 0 Å². The maximum atomic E-state index is 14.0.